The topological polar surface area (TPSA) is 84.9 Å². The maximum absolute atomic E-state index is 11.6. The van der Waals surface area contributed by atoms with Crippen LogP contribution in [0.1, 0.15) is 30.9 Å². The zero-order chi connectivity index (χ0) is 19.5. The van der Waals surface area contributed by atoms with Gasteiger partial charge in [-0.05, 0) is 36.6 Å². The molecule has 0 aliphatic rings. The highest BCUT2D eigenvalue weighted by molar-refractivity contribution is 5.80. The van der Waals surface area contributed by atoms with Crippen LogP contribution in [0.3, 0.4) is 0 Å². The van der Waals surface area contributed by atoms with Gasteiger partial charge < -0.3 is 19.9 Å². The SMILES string of the molecule is CCOc1cc(CCNC(=O)CCC(=O)O)ccc1OCc1ccccc1. The quantitative estimate of drug-likeness (QED) is 0.634. The van der Waals surface area contributed by atoms with Crippen molar-refractivity contribution in [2.45, 2.75) is 32.8 Å². The Morgan fingerprint density at radius 1 is 0.963 bits per heavy atom. The van der Waals surface area contributed by atoms with Crippen LogP contribution in [0, 0.1) is 0 Å². The molecule has 2 aromatic rings. The van der Waals surface area contributed by atoms with Gasteiger partial charge in [0.05, 0.1) is 13.0 Å². The molecule has 0 aromatic heterocycles. The largest absolute Gasteiger partial charge is 0.490 e. The van der Waals surface area contributed by atoms with E-state index >= 15 is 0 Å². The van der Waals surface area contributed by atoms with Crippen LogP contribution in [-0.4, -0.2) is 30.1 Å². The van der Waals surface area contributed by atoms with E-state index in [1.165, 1.54) is 0 Å². The van der Waals surface area contributed by atoms with Crippen molar-refractivity contribution in [2.75, 3.05) is 13.2 Å². The fourth-order valence-corrected chi connectivity index (χ4v) is 2.49. The number of hydrogen-bond acceptors (Lipinski definition) is 4. The van der Waals surface area contributed by atoms with Crippen LogP contribution >= 0.6 is 0 Å². The average molecular weight is 371 g/mol. The molecule has 0 saturated carbocycles. The lowest BCUT2D eigenvalue weighted by Crippen LogP contribution is -2.26. The number of aliphatic carboxylic acids is 1. The fourth-order valence-electron chi connectivity index (χ4n) is 2.49. The molecular weight excluding hydrogens is 346 g/mol. The number of rotatable bonds is 11. The van der Waals surface area contributed by atoms with Crippen LogP contribution < -0.4 is 14.8 Å². The zero-order valence-corrected chi connectivity index (χ0v) is 15.4. The molecule has 0 unspecified atom stereocenters. The third-order valence-electron chi connectivity index (χ3n) is 3.85. The molecule has 0 aliphatic heterocycles. The van der Waals surface area contributed by atoms with Gasteiger partial charge in [0, 0.05) is 13.0 Å². The summed E-state index contributed by atoms with van der Waals surface area (Å²) in [6, 6.07) is 15.6. The molecule has 0 spiro atoms. The molecule has 2 aromatic carbocycles. The van der Waals surface area contributed by atoms with E-state index in [1.807, 2.05) is 55.5 Å². The van der Waals surface area contributed by atoms with Gasteiger partial charge in [-0.3, -0.25) is 9.59 Å². The Morgan fingerprint density at radius 3 is 2.44 bits per heavy atom. The average Bonchev–Trinajstić information content (AvgIpc) is 2.67. The molecule has 0 saturated heterocycles. The molecule has 2 rings (SSSR count). The molecule has 0 bridgehead atoms. The highest BCUT2D eigenvalue weighted by Gasteiger charge is 2.08. The van der Waals surface area contributed by atoms with Crippen LogP contribution in [-0.2, 0) is 22.6 Å². The third kappa shape index (κ3) is 7.40. The molecule has 144 valence electrons. The molecule has 2 N–H and O–H groups in total. The van der Waals surface area contributed by atoms with E-state index in [-0.39, 0.29) is 18.7 Å². The standard InChI is InChI=1S/C21H25NO5/c1-2-26-19-14-16(12-13-22-20(23)10-11-21(24)25)8-9-18(19)27-15-17-6-4-3-5-7-17/h3-9,14H,2,10-13,15H2,1H3,(H,22,23)(H,24,25). The number of carboxylic acid groups (broad SMARTS) is 1. The lowest BCUT2D eigenvalue weighted by Gasteiger charge is -2.14. The summed E-state index contributed by atoms with van der Waals surface area (Å²) in [7, 11) is 0. The van der Waals surface area contributed by atoms with Crippen LogP contribution in [0.2, 0.25) is 0 Å². The van der Waals surface area contributed by atoms with E-state index in [0.29, 0.717) is 37.7 Å². The predicted octanol–water partition coefficient (Wildman–Crippen LogP) is 3.19. The van der Waals surface area contributed by atoms with Crippen molar-refractivity contribution in [1.82, 2.24) is 5.32 Å². The van der Waals surface area contributed by atoms with Gasteiger partial charge in [-0.2, -0.15) is 0 Å². The van der Waals surface area contributed by atoms with Gasteiger partial charge in [-0.1, -0.05) is 36.4 Å². The Hall–Kier alpha value is -3.02. The molecule has 0 heterocycles. The lowest BCUT2D eigenvalue weighted by atomic mass is 10.1. The molecule has 0 aliphatic carbocycles. The normalized spacial score (nSPS) is 10.3. The van der Waals surface area contributed by atoms with Crippen LogP contribution in [0.15, 0.2) is 48.5 Å². The minimum atomic E-state index is -0.974. The highest BCUT2D eigenvalue weighted by Crippen LogP contribution is 2.29. The molecule has 6 nitrogen and oxygen atoms in total. The Bertz CT molecular complexity index is 745. The first kappa shape index (κ1) is 20.3. The van der Waals surface area contributed by atoms with E-state index in [2.05, 4.69) is 5.32 Å². The summed E-state index contributed by atoms with van der Waals surface area (Å²) >= 11 is 0. The number of ether oxygens (including phenoxy) is 2. The predicted molar refractivity (Wildman–Crippen MR) is 102 cm³/mol. The number of benzene rings is 2. The third-order valence-corrected chi connectivity index (χ3v) is 3.85. The maximum Gasteiger partial charge on any atom is 0.303 e. The summed E-state index contributed by atoms with van der Waals surface area (Å²) in [5.41, 5.74) is 2.08. The number of nitrogens with one attached hydrogen (secondary N) is 1. The van der Waals surface area contributed by atoms with Crippen LogP contribution in [0.4, 0.5) is 0 Å². The van der Waals surface area contributed by atoms with Crippen LogP contribution in [0.25, 0.3) is 0 Å². The first-order valence-corrected chi connectivity index (χ1v) is 8.99. The second kappa shape index (κ2) is 10.9. The van der Waals surface area contributed by atoms with E-state index in [4.69, 9.17) is 14.6 Å². The Balaban J connectivity index is 1.89. The molecule has 6 heteroatoms. The van der Waals surface area contributed by atoms with Gasteiger partial charge in [0.15, 0.2) is 11.5 Å². The van der Waals surface area contributed by atoms with E-state index < -0.39 is 5.97 Å². The molecule has 1 amide bonds. The van der Waals surface area contributed by atoms with Crippen LogP contribution in [0.5, 0.6) is 11.5 Å². The maximum atomic E-state index is 11.6. The van der Waals surface area contributed by atoms with Crippen molar-refractivity contribution in [3.05, 3.63) is 59.7 Å². The van der Waals surface area contributed by atoms with E-state index in [0.717, 1.165) is 11.1 Å². The van der Waals surface area contributed by atoms with Gasteiger partial charge in [0.2, 0.25) is 5.91 Å². The molecular formula is C21H25NO5. The number of carbonyl (C=O) groups excluding carboxylic acids is 1. The summed E-state index contributed by atoms with van der Waals surface area (Å²) in [5.74, 6) is 0.112. The lowest BCUT2D eigenvalue weighted by molar-refractivity contribution is -0.138. The molecule has 27 heavy (non-hydrogen) atoms. The first-order chi connectivity index (χ1) is 13.1. The van der Waals surface area contributed by atoms with E-state index in [1.54, 1.807) is 0 Å². The second-order valence-electron chi connectivity index (χ2n) is 5.98. The van der Waals surface area contributed by atoms with Crippen molar-refractivity contribution in [1.29, 1.82) is 0 Å². The van der Waals surface area contributed by atoms with Crippen molar-refractivity contribution < 1.29 is 24.2 Å². The van der Waals surface area contributed by atoms with E-state index in [9.17, 15) is 9.59 Å². The fraction of sp³-hybridized carbons (Fsp3) is 0.333. The first-order valence-electron chi connectivity index (χ1n) is 8.99. The number of hydrogen-bond donors (Lipinski definition) is 2. The summed E-state index contributed by atoms with van der Waals surface area (Å²) in [6.45, 7) is 3.33. The molecule has 0 radical (unpaired) electrons. The van der Waals surface area contributed by atoms with Gasteiger partial charge >= 0.3 is 5.97 Å². The van der Waals surface area contributed by atoms with Gasteiger partial charge in [0.25, 0.3) is 0 Å². The number of carboxylic acids is 1. The van der Waals surface area contributed by atoms with Crippen molar-refractivity contribution in [3.8, 4) is 11.5 Å². The molecule has 0 fully saturated rings. The Kier molecular flexibility index (Phi) is 8.16. The summed E-state index contributed by atoms with van der Waals surface area (Å²) in [4.78, 5) is 22.0. The van der Waals surface area contributed by atoms with Crippen molar-refractivity contribution in [3.63, 3.8) is 0 Å². The van der Waals surface area contributed by atoms with Gasteiger partial charge in [0.1, 0.15) is 6.61 Å². The molecule has 0 atom stereocenters. The zero-order valence-electron chi connectivity index (χ0n) is 15.4. The van der Waals surface area contributed by atoms with Gasteiger partial charge in [-0.25, -0.2) is 0 Å². The number of carbonyl (C=O) groups is 2. The summed E-state index contributed by atoms with van der Waals surface area (Å²) in [5, 5.41) is 11.3. The minimum Gasteiger partial charge on any atom is -0.490 e. The smallest absolute Gasteiger partial charge is 0.303 e. The monoisotopic (exact) mass is 371 g/mol. The Labute approximate surface area is 159 Å². The minimum absolute atomic E-state index is 0.00814. The highest BCUT2D eigenvalue weighted by atomic mass is 16.5. The summed E-state index contributed by atoms with van der Waals surface area (Å²) in [6.07, 6.45) is 0.456. The number of amides is 1. The van der Waals surface area contributed by atoms with Crippen molar-refractivity contribution in [2.24, 2.45) is 0 Å². The van der Waals surface area contributed by atoms with Crippen molar-refractivity contribution >= 4 is 11.9 Å². The Morgan fingerprint density at radius 2 is 1.74 bits per heavy atom. The van der Waals surface area contributed by atoms with Gasteiger partial charge in [-0.15, -0.1) is 0 Å². The second-order valence-corrected chi connectivity index (χ2v) is 5.98. The summed E-state index contributed by atoms with van der Waals surface area (Å²) < 4.78 is 11.6.